The van der Waals surface area contributed by atoms with Crippen molar-refractivity contribution >= 4 is 17.6 Å². The second kappa shape index (κ2) is 5.11. The predicted octanol–water partition coefficient (Wildman–Crippen LogP) is 2.10. The van der Waals surface area contributed by atoms with E-state index in [4.69, 9.17) is 4.74 Å². The van der Waals surface area contributed by atoms with Crippen LogP contribution in [0.2, 0.25) is 0 Å². The second-order valence-electron chi connectivity index (χ2n) is 5.47. The van der Waals surface area contributed by atoms with Crippen LogP contribution in [0.15, 0.2) is 11.4 Å². The van der Waals surface area contributed by atoms with Crippen LogP contribution in [0.5, 0.6) is 0 Å². The van der Waals surface area contributed by atoms with E-state index in [1.165, 1.54) is 10.4 Å². The number of nitrogens with zero attached hydrogens (tertiary/aromatic N) is 1. The maximum Gasteiger partial charge on any atom is 0.129 e. The zero-order valence-electron chi connectivity index (χ0n) is 10.6. The Kier molecular flexibility index (Phi) is 3.50. The smallest absolute Gasteiger partial charge is 0.129 e. The van der Waals surface area contributed by atoms with Crippen molar-refractivity contribution in [3.63, 3.8) is 0 Å². The number of aldehydes is 1. The summed E-state index contributed by atoms with van der Waals surface area (Å²) in [6, 6.07) is 2.22. The van der Waals surface area contributed by atoms with Gasteiger partial charge >= 0.3 is 0 Å². The monoisotopic (exact) mass is 265 g/mol. The van der Waals surface area contributed by atoms with Gasteiger partial charge < -0.3 is 9.53 Å². The summed E-state index contributed by atoms with van der Waals surface area (Å²) >= 11 is 1.86. The lowest BCUT2D eigenvalue weighted by atomic mass is 9.83. The number of fused-ring (bicyclic) bond motifs is 1. The number of rotatable bonds is 3. The molecule has 0 N–H and O–H groups in total. The summed E-state index contributed by atoms with van der Waals surface area (Å²) in [6.45, 7) is 4.33. The van der Waals surface area contributed by atoms with Crippen molar-refractivity contribution in [1.82, 2.24) is 4.90 Å². The van der Waals surface area contributed by atoms with Crippen molar-refractivity contribution in [2.45, 2.75) is 25.8 Å². The molecule has 3 nitrogen and oxygen atoms in total. The largest absolute Gasteiger partial charge is 0.380 e. The molecule has 1 fully saturated rings. The lowest BCUT2D eigenvalue weighted by Gasteiger charge is -2.38. The van der Waals surface area contributed by atoms with E-state index in [9.17, 15) is 4.79 Å². The van der Waals surface area contributed by atoms with Gasteiger partial charge in [0, 0.05) is 31.1 Å². The maximum atomic E-state index is 11.4. The van der Waals surface area contributed by atoms with Crippen molar-refractivity contribution in [2.24, 2.45) is 5.41 Å². The molecular formula is C14H19NO2S. The van der Waals surface area contributed by atoms with Crippen LogP contribution in [-0.2, 0) is 22.5 Å². The molecule has 2 aliphatic rings. The van der Waals surface area contributed by atoms with Crippen molar-refractivity contribution in [3.8, 4) is 0 Å². The molecule has 0 aromatic carbocycles. The van der Waals surface area contributed by atoms with E-state index >= 15 is 0 Å². The molecule has 1 aromatic heterocycles. The number of carbonyl (C=O) groups is 1. The van der Waals surface area contributed by atoms with Gasteiger partial charge in [-0.2, -0.15) is 0 Å². The summed E-state index contributed by atoms with van der Waals surface area (Å²) in [5, 5.41) is 2.17. The van der Waals surface area contributed by atoms with E-state index in [1.807, 2.05) is 11.3 Å². The minimum atomic E-state index is -0.258. The molecule has 0 amide bonds. The third-order valence-corrected chi connectivity index (χ3v) is 5.05. The standard InChI is InChI=1S/C14H19NO2S/c16-10-14(4-1-6-17-11-14)9-15-5-2-13-12(8-15)3-7-18-13/h3,7,10H,1-2,4-6,8-9,11H2. The van der Waals surface area contributed by atoms with Gasteiger partial charge in [-0.05, 0) is 36.3 Å². The second-order valence-corrected chi connectivity index (χ2v) is 6.47. The van der Waals surface area contributed by atoms with Crippen molar-refractivity contribution < 1.29 is 9.53 Å². The molecule has 0 spiro atoms. The normalized spacial score (nSPS) is 28.9. The van der Waals surface area contributed by atoms with Crippen LogP contribution in [-0.4, -0.2) is 37.5 Å². The Morgan fingerprint density at radius 1 is 1.56 bits per heavy atom. The van der Waals surface area contributed by atoms with Gasteiger partial charge in [-0.25, -0.2) is 0 Å². The zero-order chi connectivity index (χ0) is 12.4. The van der Waals surface area contributed by atoms with Crippen molar-refractivity contribution in [2.75, 3.05) is 26.3 Å². The quantitative estimate of drug-likeness (QED) is 0.784. The molecule has 3 rings (SSSR count). The summed E-state index contributed by atoms with van der Waals surface area (Å²) < 4.78 is 5.52. The molecule has 98 valence electrons. The van der Waals surface area contributed by atoms with Crippen LogP contribution in [0.4, 0.5) is 0 Å². The van der Waals surface area contributed by atoms with E-state index < -0.39 is 0 Å². The van der Waals surface area contributed by atoms with Gasteiger partial charge in [-0.3, -0.25) is 4.90 Å². The Bertz CT molecular complexity index is 423. The highest BCUT2D eigenvalue weighted by Crippen LogP contribution is 2.31. The van der Waals surface area contributed by atoms with Gasteiger partial charge in [-0.1, -0.05) is 0 Å². The highest BCUT2D eigenvalue weighted by Gasteiger charge is 2.35. The molecule has 1 saturated heterocycles. The molecule has 2 aliphatic heterocycles. The molecule has 1 aromatic rings. The van der Waals surface area contributed by atoms with Crippen LogP contribution >= 0.6 is 11.3 Å². The van der Waals surface area contributed by atoms with Crippen LogP contribution in [0.1, 0.15) is 23.3 Å². The lowest BCUT2D eigenvalue weighted by Crippen LogP contribution is -2.45. The summed E-state index contributed by atoms with van der Waals surface area (Å²) in [4.78, 5) is 15.4. The first-order chi connectivity index (χ1) is 8.81. The fourth-order valence-electron chi connectivity index (χ4n) is 3.02. The molecule has 0 aliphatic carbocycles. The minimum Gasteiger partial charge on any atom is -0.380 e. The Morgan fingerprint density at radius 3 is 3.28 bits per heavy atom. The van der Waals surface area contributed by atoms with E-state index in [0.29, 0.717) is 6.61 Å². The van der Waals surface area contributed by atoms with E-state index in [-0.39, 0.29) is 5.41 Å². The average Bonchev–Trinajstić information content (AvgIpc) is 2.87. The SMILES string of the molecule is O=CC1(CN2CCc3sccc3C2)CCCOC1. The highest BCUT2D eigenvalue weighted by atomic mass is 32.1. The fourth-order valence-corrected chi connectivity index (χ4v) is 3.91. The van der Waals surface area contributed by atoms with E-state index in [1.54, 1.807) is 0 Å². The Labute approximate surface area is 112 Å². The summed E-state index contributed by atoms with van der Waals surface area (Å²) in [5.74, 6) is 0. The molecule has 3 heterocycles. The van der Waals surface area contributed by atoms with Gasteiger partial charge in [0.1, 0.15) is 6.29 Å². The van der Waals surface area contributed by atoms with Gasteiger partial charge in [0.05, 0.1) is 12.0 Å². The molecule has 0 bridgehead atoms. The molecule has 4 heteroatoms. The maximum absolute atomic E-state index is 11.4. The molecule has 1 atom stereocenters. The number of thiophene rings is 1. The van der Waals surface area contributed by atoms with E-state index in [0.717, 1.165) is 51.8 Å². The van der Waals surface area contributed by atoms with Crippen molar-refractivity contribution in [1.29, 1.82) is 0 Å². The number of hydrogen-bond acceptors (Lipinski definition) is 4. The van der Waals surface area contributed by atoms with Crippen LogP contribution in [0.3, 0.4) is 0 Å². The van der Waals surface area contributed by atoms with Crippen LogP contribution in [0.25, 0.3) is 0 Å². The molecule has 18 heavy (non-hydrogen) atoms. The topological polar surface area (TPSA) is 29.5 Å². The first-order valence-corrected chi connectivity index (χ1v) is 7.51. The number of ether oxygens (including phenoxy) is 1. The number of carbonyl (C=O) groups excluding carboxylic acids is 1. The zero-order valence-corrected chi connectivity index (χ0v) is 11.4. The van der Waals surface area contributed by atoms with Gasteiger partial charge in [0.15, 0.2) is 0 Å². The molecule has 1 unspecified atom stereocenters. The lowest BCUT2D eigenvalue weighted by molar-refractivity contribution is -0.125. The van der Waals surface area contributed by atoms with Crippen LogP contribution < -0.4 is 0 Å². The Balaban J connectivity index is 1.68. The summed E-state index contributed by atoms with van der Waals surface area (Å²) in [7, 11) is 0. The fraction of sp³-hybridized carbons (Fsp3) is 0.643. The van der Waals surface area contributed by atoms with Gasteiger partial charge in [0.25, 0.3) is 0 Å². The predicted molar refractivity (Wildman–Crippen MR) is 71.9 cm³/mol. The van der Waals surface area contributed by atoms with E-state index in [2.05, 4.69) is 16.3 Å². The first-order valence-electron chi connectivity index (χ1n) is 6.63. The Morgan fingerprint density at radius 2 is 2.50 bits per heavy atom. The number of hydrogen-bond donors (Lipinski definition) is 0. The summed E-state index contributed by atoms with van der Waals surface area (Å²) in [5.41, 5.74) is 1.19. The molecule has 0 saturated carbocycles. The minimum absolute atomic E-state index is 0.258. The van der Waals surface area contributed by atoms with Crippen LogP contribution in [0, 0.1) is 5.41 Å². The highest BCUT2D eigenvalue weighted by molar-refractivity contribution is 7.10. The third-order valence-electron chi connectivity index (χ3n) is 4.03. The van der Waals surface area contributed by atoms with Gasteiger partial charge in [-0.15, -0.1) is 11.3 Å². The third kappa shape index (κ3) is 2.37. The van der Waals surface area contributed by atoms with Gasteiger partial charge in [0.2, 0.25) is 0 Å². The molecular weight excluding hydrogens is 246 g/mol. The first kappa shape index (κ1) is 12.3. The average molecular weight is 265 g/mol. The Hall–Kier alpha value is -0.710. The molecule has 0 radical (unpaired) electrons. The van der Waals surface area contributed by atoms with Crippen molar-refractivity contribution in [3.05, 3.63) is 21.9 Å². The summed E-state index contributed by atoms with van der Waals surface area (Å²) in [6.07, 6.45) is 4.25.